The number of amides is 2. The van der Waals surface area contributed by atoms with Crippen molar-refractivity contribution in [2.75, 3.05) is 5.32 Å². The molecule has 1 N–H and O–H groups in total. The highest BCUT2D eigenvalue weighted by Gasteiger charge is 2.36. The smallest absolute Gasteiger partial charge is 0.248 e. The number of hydrogen-bond acceptors (Lipinski definition) is 4. The van der Waals surface area contributed by atoms with Crippen LogP contribution in [0.3, 0.4) is 0 Å². The SMILES string of the molecule is Cc1cccc(NC(=O)[C@@H]2CCC(=O)N2Cc2ccco2)n1. The van der Waals surface area contributed by atoms with Crippen LogP contribution >= 0.6 is 0 Å². The lowest BCUT2D eigenvalue weighted by molar-refractivity contribution is -0.134. The summed E-state index contributed by atoms with van der Waals surface area (Å²) < 4.78 is 5.27. The van der Waals surface area contributed by atoms with Crippen LogP contribution in [0.25, 0.3) is 0 Å². The molecule has 2 aromatic heterocycles. The fourth-order valence-corrected chi connectivity index (χ4v) is 2.60. The van der Waals surface area contributed by atoms with Gasteiger partial charge in [-0.2, -0.15) is 0 Å². The van der Waals surface area contributed by atoms with Gasteiger partial charge in [-0.1, -0.05) is 6.07 Å². The molecular weight excluding hydrogens is 282 g/mol. The van der Waals surface area contributed by atoms with Crippen molar-refractivity contribution in [1.82, 2.24) is 9.88 Å². The molecule has 1 aliphatic heterocycles. The number of likely N-dealkylation sites (tertiary alicyclic amines) is 1. The highest BCUT2D eigenvalue weighted by Crippen LogP contribution is 2.23. The summed E-state index contributed by atoms with van der Waals surface area (Å²) in [5.74, 6) is 0.924. The quantitative estimate of drug-likeness (QED) is 0.938. The van der Waals surface area contributed by atoms with E-state index < -0.39 is 6.04 Å². The third-order valence-corrected chi connectivity index (χ3v) is 3.68. The largest absolute Gasteiger partial charge is 0.467 e. The van der Waals surface area contributed by atoms with Gasteiger partial charge in [-0.3, -0.25) is 9.59 Å². The number of nitrogens with zero attached hydrogens (tertiary/aromatic N) is 2. The molecule has 2 aromatic rings. The zero-order chi connectivity index (χ0) is 15.5. The van der Waals surface area contributed by atoms with E-state index in [1.165, 1.54) is 0 Å². The monoisotopic (exact) mass is 299 g/mol. The molecule has 0 saturated carbocycles. The molecule has 3 rings (SSSR count). The van der Waals surface area contributed by atoms with E-state index >= 15 is 0 Å². The Morgan fingerprint density at radius 2 is 2.27 bits per heavy atom. The number of rotatable bonds is 4. The minimum atomic E-state index is -0.486. The van der Waals surface area contributed by atoms with Crippen LogP contribution in [0.15, 0.2) is 41.0 Å². The normalized spacial score (nSPS) is 17.8. The van der Waals surface area contributed by atoms with Crippen LogP contribution in [0, 0.1) is 6.92 Å². The molecule has 22 heavy (non-hydrogen) atoms. The number of aromatic nitrogens is 1. The molecule has 0 aliphatic carbocycles. The fourth-order valence-electron chi connectivity index (χ4n) is 2.60. The van der Waals surface area contributed by atoms with Crippen LogP contribution < -0.4 is 5.32 Å². The standard InChI is InChI=1S/C16H17N3O3/c1-11-4-2-6-14(17-11)18-16(21)13-7-8-15(20)19(13)10-12-5-3-9-22-12/h2-6,9,13H,7-8,10H2,1H3,(H,17,18,21)/t13-/m0/s1. The summed E-state index contributed by atoms with van der Waals surface area (Å²) in [6.07, 6.45) is 2.44. The Hall–Kier alpha value is -2.63. The average Bonchev–Trinajstić information content (AvgIpc) is 3.10. The van der Waals surface area contributed by atoms with Crippen molar-refractivity contribution in [3.63, 3.8) is 0 Å². The average molecular weight is 299 g/mol. The van der Waals surface area contributed by atoms with E-state index in [9.17, 15) is 9.59 Å². The van der Waals surface area contributed by atoms with E-state index in [4.69, 9.17) is 4.42 Å². The zero-order valence-corrected chi connectivity index (χ0v) is 12.3. The molecule has 0 spiro atoms. The first kappa shape index (κ1) is 14.3. The van der Waals surface area contributed by atoms with Crippen LogP contribution in [0.4, 0.5) is 5.82 Å². The molecule has 114 valence electrons. The Bertz CT molecular complexity index is 682. The maximum Gasteiger partial charge on any atom is 0.248 e. The Labute approximate surface area is 128 Å². The molecule has 1 atom stereocenters. The molecule has 6 nitrogen and oxygen atoms in total. The second kappa shape index (κ2) is 6.01. The Kier molecular flexibility index (Phi) is 3.91. The van der Waals surface area contributed by atoms with Crippen molar-refractivity contribution in [3.05, 3.63) is 48.0 Å². The molecule has 0 aromatic carbocycles. The number of nitrogens with one attached hydrogen (secondary N) is 1. The van der Waals surface area contributed by atoms with Crippen LogP contribution in [0.5, 0.6) is 0 Å². The molecule has 3 heterocycles. The van der Waals surface area contributed by atoms with Crippen molar-refractivity contribution in [1.29, 1.82) is 0 Å². The Balaban J connectivity index is 1.71. The van der Waals surface area contributed by atoms with Gasteiger partial charge < -0.3 is 14.6 Å². The van der Waals surface area contributed by atoms with Crippen LogP contribution in [-0.4, -0.2) is 27.7 Å². The summed E-state index contributed by atoms with van der Waals surface area (Å²) in [4.78, 5) is 30.3. The summed E-state index contributed by atoms with van der Waals surface area (Å²) in [5, 5.41) is 2.78. The van der Waals surface area contributed by atoms with E-state index in [0.717, 1.165) is 5.69 Å². The van der Waals surface area contributed by atoms with Gasteiger partial charge in [-0.15, -0.1) is 0 Å². The number of hydrogen-bond donors (Lipinski definition) is 1. The summed E-state index contributed by atoms with van der Waals surface area (Å²) in [6.45, 7) is 2.17. The number of carbonyl (C=O) groups excluding carboxylic acids is 2. The first-order chi connectivity index (χ1) is 10.6. The van der Waals surface area contributed by atoms with Gasteiger partial charge in [-0.05, 0) is 37.6 Å². The Morgan fingerprint density at radius 1 is 1.41 bits per heavy atom. The van der Waals surface area contributed by atoms with Crippen molar-refractivity contribution in [3.8, 4) is 0 Å². The van der Waals surface area contributed by atoms with Crippen molar-refractivity contribution in [2.45, 2.75) is 32.4 Å². The van der Waals surface area contributed by atoms with Crippen LogP contribution in [-0.2, 0) is 16.1 Å². The van der Waals surface area contributed by atoms with E-state index in [1.54, 1.807) is 29.4 Å². The zero-order valence-electron chi connectivity index (χ0n) is 12.3. The van der Waals surface area contributed by atoms with E-state index in [0.29, 0.717) is 31.0 Å². The van der Waals surface area contributed by atoms with Gasteiger partial charge in [0.05, 0.1) is 12.8 Å². The lowest BCUT2D eigenvalue weighted by Gasteiger charge is -2.22. The van der Waals surface area contributed by atoms with Gasteiger partial charge in [0.2, 0.25) is 11.8 Å². The van der Waals surface area contributed by atoms with Gasteiger partial charge in [0.25, 0.3) is 0 Å². The molecule has 2 amide bonds. The topological polar surface area (TPSA) is 75.4 Å². The van der Waals surface area contributed by atoms with Crippen molar-refractivity contribution >= 4 is 17.6 Å². The first-order valence-electron chi connectivity index (χ1n) is 7.20. The fraction of sp³-hybridized carbons (Fsp3) is 0.312. The van der Waals surface area contributed by atoms with Crippen molar-refractivity contribution < 1.29 is 14.0 Å². The molecule has 6 heteroatoms. The first-order valence-corrected chi connectivity index (χ1v) is 7.20. The molecule has 0 unspecified atom stereocenters. The predicted octanol–water partition coefficient (Wildman–Crippen LogP) is 2.11. The summed E-state index contributed by atoms with van der Waals surface area (Å²) in [7, 11) is 0. The minimum Gasteiger partial charge on any atom is -0.467 e. The third-order valence-electron chi connectivity index (χ3n) is 3.68. The number of carbonyl (C=O) groups is 2. The maximum absolute atomic E-state index is 12.4. The summed E-state index contributed by atoms with van der Waals surface area (Å²) >= 11 is 0. The van der Waals surface area contributed by atoms with E-state index in [-0.39, 0.29) is 11.8 Å². The van der Waals surface area contributed by atoms with Crippen molar-refractivity contribution in [2.24, 2.45) is 0 Å². The second-order valence-electron chi connectivity index (χ2n) is 5.31. The number of pyridine rings is 1. The number of aryl methyl sites for hydroxylation is 1. The third kappa shape index (κ3) is 3.00. The van der Waals surface area contributed by atoms with E-state index in [1.807, 2.05) is 19.1 Å². The predicted molar refractivity (Wildman–Crippen MR) is 79.9 cm³/mol. The lowest BCUT2D eigenvalue weighted by Crippen LogP contribution is -2.41. The molecule has 1 fully saturated rings. The number of furan rings is 1. The van der Waals surface area contributed by atoms with Gasteiger partial charge in [-0.25, -0.2) is 4.98 Å². The summed E-state index contributed by atoms with van der Waals surface area (Å²) in [5.41, 5.74) is 0.827. The molecule has 1 aliphatic rings. The molecule has 1 saturated heterocycles. The Morgan fingerprint density at radius 3 is 3.00 bits per heavy atom. The van der Waals surface area contributed by atoms with Crippen LogP contribution in [0.1, 0.15) is 24.3 Å². The second-order valence-corrected chi connectivity index (χ2v) is 5.31. The van der Waals surface area contributed by atoms with Gasteiger partial charge >= 0.3 is 0 Å². The van der Waals surface area contributed by atoms with Gasteiger partial charge in [0.15, 0.2) is 0 Å². The number of anilines is 1. The minimum absolute atomic E-state index is 0.0336. The van der Waals surface area contributed by atoms with Gasteiger partial charge in [0, 0.05) is 12.1 Å². The molecule has 0 radical (unpaired) electrons. The summed E-state index contributed by atoms with van der Waals surface area (Å²) in [6, 6.07) is 8.50. The highest BCUT2D eigenvalue weighted by molar-refractivity contribution is 5.98. The highest BCUT2D eigenvalue weighted by atomic mass is 16.3. The molecule has 0 bridgehead atoms. The molecular formula is C16H17N3O3. The van der Waals surface area contributed by atoms with Crippen LogP contribution in [0.2, 0.25) is 0 Å². The van der Waals surface area contributed by atoms with E-state index in [2.05, 4.69) is 10.3 Å². The van der Waals surface area contributed by atoms with Gasteiger partial charge in [0.1, 0.15) is 17.6 Å². The maximum atomic E-state index is 12.4. The lowest BCUT2D eigenvalue weighted by atomic mass is 10.2.